The second-order valence-electron chi connectivity index (χ2n) is 3.28. The van der Waals surface area contributed by atoms with Crippen molar-refractivity contribution in [3.8, 4) is 0 Å². The smallest absolute Gasteiger partial charge is 0.224 e. The zero-order chi connectivity index (χ0) is 11.3. The Morgan fingerprint density at radius 1 is 1.67 bits per heavy atom. The maximum absolute atomic E-state index is 5.71. The van der Waals surface area contributed by atoms with Gasteiger partial charge < -0.3 is 5.32 Å². The van der Waals surface area contributed by atoms with Crippen LogP contribution in [0.1, 0.15) is 6.92 Å². The Bertz CT molecular complexity index is 324. The molecule has 1 aromatic rings. The second kappa shape index (κ2) is 6.55. The molecule has 0 aromatic carbocycles. The second-order valence-corrected chi connectivity index (χ2v) is 5.38. The van der Waals surface area contributed by atoms with Crippen molar-refractivity contribution < 1.29 is 0 Å². The molecule has 1 N–H and O–H groups in total. The molecular weight excluding hydrogens is 298 g/mol. The average molecular weight is 311 g/mol. The lowest BCUT2D eigenvalue weighted by Gasteiger charge is -2.12. The summed E-state index contributed by atoms with van der Waals surface area (Å²) in [6.45, 7) is 3.08. The molecule has 0 amide bonds. The summed E-state index contributed by atoms with van der Waals surface area (Å²) >= 11 is 10.9. The van der Waals surface area contributed by atoms with Gasteiger partial charge in [-0.2, -0.15) is 16.7 Å². The number of rotatable bonds is 5. The SMILES string of the molecule is CSCC(C)CNc1nc(Cl)ncc1Br. The Labute approximate surface area is 108 Å². The Morgan fingerprint density at radius 3 is 3.07 bits per heavy atom. The van der Waals surface area contributed by atoms with E-state index >= 15 is 0 Å². The fourth-order valence-corrected chi connectivity index (χ4v) is 2.24. The molecule has 0 fully saturated rings. The summed E-state index contributed by atoms with van der Waals surface area (Å²) in [5, 5.41) is 3.50. The highest BCUT2D eigenvalue weighted by Gasteiger charge is 2.05. The largest absolute Gasteiger partial charge is 0.369 e. The molecule has 0 saturated carbocycles. The van der Waals surface area contributed by atoms with E-state index in [1.165, 1.54) is 0 Å². The summed E-state index contributed by atoms with van der Waals surface area (Å²) in [7, 11) is 0. The Morgan fingerprint density at radius 2 is 2.40 bits per heavy atom. The lowest BCUT2D eigenvalue weighted by molar-refractivity contribution is 0.699. The van der Waals surface area contributed by atoms with Crippen molar-refractivity contribution in [1.82, 2.24) is 9.97 Å². The van der Waals surface area contributed by atoms with Gasteiger partial charge in [-0.3, -0.25) is 0 Å². The van der Waals surface area contributed by atoms with Crippen molar-refractivity contribution in [3.05, 3.63) is 16.0 Å². The van der Waals surface area contributed by atoms with Crippen molar-refractivity contribution in [1.29, 1.82) is 0 Å². The van der Waals surface area contributed by atoms with Gasteiger partial charge >= 0.3 is 0 Å². The first kappa shape index (κ1) is 13.1. The summed E-state index contributed by atoms with van der Waals surface area (Å²) in [6.07, 6.45) is 3.75. The normalized spacial score (nSPS) is 12.5. The van der Waals surface area contributed by atoms with Crippen molar-refractivity contribution in [2.45, 2.75) is 6.92 Å². The molecule has 84 valence electrons. The molecule has 6 heteroatoms. The molecule has 1 atom stereocenters. The van der Waals surface area contributed by atoms with Crippen LogP contribution in [-0.2, 0) is 0 Å². The van der Waals surface area contributed by atoms with Gasteiger partial charge in [0, 0.05) is 12.7 Å². The predicted molar refractivity (Wildman–Crippen MR) is 70.8 cm³/mol. The van der Waals surface area contributed by atoms with E-state index < -0.39 is 0 Å². The minimum atomic E-state index is 0.262. The van der Waals surface area contributed by atoms with Crippen LogP contribution in [0.2, 0.25) is 5.28 Å². The highest BCUT2D eigenvalue weighted by atomic mass is 79.9. The number of anilines is 1. The van der Waals surface area contributed by atoms with Gasteiger partial charge in [0.2, 0.25) is 5.28 Å². The van der Waals surface area contributed by atoms with Crippen molar-refractivity contribution in [2.24, 2.45) is 5.92 Å². The molecule has 15 heavy (non-hydrogen) atoms. The maximum Gasteiger partial charge on any atom is 0.224 e. The highest BCUT2D eigenvalue weighted by Crippen LogP contribution is 2.20. The number of thioether (sulfide) groups is 1. The minimum absolute atomic E-state index is 0.262. The number of hydrogen-bond acceptors (Lipinski definition) is 4. The quantitative estimate of drug-likeness (QED) is 0.847. The van der Waals surface area contributed by atoms with Gasteiger partial charge in [-0.15, -0.1) is 0 Å². The lowest BCUT2D eigenvalue weighted by Crippen LogP contribution is -2.14. The molecule has 0 aliphatic carbocycles. The van der Waals surface area contributed by atoms with E-state index in [0.717, 1.165) is 22.6 Å². The first-order valence-electron chi connectivity index (χ1n) is 4.54. The average Bonchev–Trinajstić information content (AvgIpc) is 2.20. The molecule has 1 heterocycles. The molecule has 1 aromatic heterocycles. The third-order valence-electron chi connectivity index (χ3n) is 1.78. The number of hydrogen-bond donors (Lipinski definition) is 1. The van der Waals surface area contributed by atoms with Gasteiger partial charge in [0.25, 0.3) is 0 Å². The van der Waals surface area contributed by atoms with E-state index in [1.54, 1.807) is 6.20 Å². The Kier molecular flexibility index (Phi) is 5.71. The number of nitrogens with one attached hydrogen (secondary N) is 1. The van der Waals surface area contributed by atoms with E-state index in [4.69, 9.17) is 11.6 Å². The van der Waals surface area contributed by atoms with Gasteiger partial charge in [-0.05, 0) is 45.5 Å². The van der Waals surface area contributed by atoms with Gasteiger partial charge in [0.1, 0.15) is 5.82 Å². The van der Waals surface area contributed by atoms with Gasteiger partial charge in [-0.1, -0.05) is 6.92 Å². The molecule has 0 aliphatic rings. The van der Waals surface area contributed by atoms with Crippen LogP contribution in [0.15, 0.2) is 10.7 Å². The number of nitrogens with zero attached hydrogens (tertiary/aromatic N) is 2. The molecule has 0 aliphatic heterocycles. The first-order valence-corrected chi connectivity index (χ1v) is 7.10. The van der Waals surface area contributed by atoms with Crippen LogP contribution < -0.4 is 5.32 Å². The molecule has 1 unspecified atom stereocenters. The van der Waals surface area contributed by atoms with Crippen LogP contribution in [0, 0.1) is 5.92 Å². The van der Waals surface area contributed by atoms with E-state index in [0.29, 0.717) is 5.92 Å². The molecule has 0 spiro atoms. The van der Waals surface area contributed by atoms with Gasteiger partial charge in [-0.25, -0.2) is 4.98 Å². The monoisotopic (exact) mass is 309 g/mol. The van der Waals surface area contributed by atoms with Crippen molar-refractivity contribution in [2.75, 3.05) is 23.9 Å². The summed E-state index contributed by atoms with van der Waals surface area (Å²) in [4.78, 5) is 7.96. The van der Waals surface area contributed by atoms with Crippen LogP contribution in [0.4, 0.5) is 5.82 Å². The van der Waals surface area contributed by atoms with Crippen LogP contribution in [0.3, 0.4) is 0 Å². The van der Waals surface area contributed by atoms with Crippen LogP contribution in [0.5, 0.6) is 0 Å². The lowest BCUT2D eigenvalue weighted by atomic mass is 10.2. The fraction of sp³-hybridized carbons (Fsp3) is 0.556. The van der Waals surface area contributed by atoms with Crippen LogP contribution in [0.25, 0.3) is 0 Å². The molecule has 1 rings (SSSR count). The summed E-state index contributed by atoms with van der Waals surface area (Å²) in [6, 6.07) is 0. The summed E-state index contributed by atoms with van der Waals surface area (Å²) in [5.41, 5.74) is 0. The van der Waals surface area contributed by atoms with Gasteiger partial charge in [0.05, 0.1) is 4.47 Å². The third-order valence-corrected chi connectivity index (χ3v) is 3.45. The maximum atomic E-state index is 5.71. The van der Waals surface area contributed by atoms with E-state index in [9.17, 15) is 0 Å². The zero-order valence-electron chi connectivity index (χ0n) is 8.63. The van der Waals surface area contributed by atoms with Crippen LogP contribution >= 0.6 is 39.3 Å². The molecular formula is C9H13BrClN3S. The predicted octanol–water partition coefficient (Wildman–Crippen LogP) is 3.30. The van der Waals surface area contributed by atoms with Crippen molar-refractivity contribution >= 4 is 45.1 Å². The zero-order valence-corrected chi connectivity index (χ0v) is 11.8. The number of aromatic nitrogens is 2. The van der Waals surface area contributed by atoms with E-state index in [-0.39, 0.29) is 5.28 Å². The van der Waals surface area contributed by atoms with E-state index in [2.05, 4.69) is 44.4 Å². The van der Waals surface area contributed by atoms with E-state index in [1.807, 2.05) is 11.8 Å². The molecule has 0 bridgehead atoms. The van der Waals surface area contributed by atoms with Crippen LogP contribution in [-0.4, -0.2) is 28.5 Å². The Balaban J connectivity index is 2.53. The van der Waals surface area contributed by atoms with Crippen molar-refractivity contribution in [3.63, 3.8) is 0 Å². The molecule has 3 nitrogen and oxygen atoms in total. The first-order chi connectivity index (χ1) is 7.13. The minimum Gasteiger partial charge on any atom is -0.369 e. The molecule has 0 saturated heterocycles. The third kappa shape index (κ3) is 4.57. The summed E-state index contributed by atoms with van der Waals surface area (Å²) in [5.74, 6) is 2.48. The standard InChI is InChI=1S/C9H13BrClN3S/c1-6(5-15-2)3-12-8-7(10)4-13-9(11)14-8/h4,6H,3,5H2,1-2H3,(H,12,13,14). The fourth-order valence-electron chi connectivity index (χ4n) is 1.08. The summed E-state index contributed by atoms with van der Waals surface area (Å²) < 4.78 is 0.836. The molecule has 0 radical (unpaired) electrons. The topological polar surface area (TPSA) is 37.8 Å². The number of halogens is 2. The Hall–Kier alpha value is -0.000000000000000111. The highest BCUT2D eigenvalue weighted by molar-refractivity contribution is 9.10. The van der Waals surface area contributed by atoms with Gasteiger partial charge in [0.15, 0.2) is 0 Å².